The van der Waals surface area contributed by atoms with E-state index in [1.807, 2.05) is 53.6 Å². The van der Waals surface area contributed by atoms with Gasteiger partial charge < -0.3 is 20.3 Å². The van der Waals surface area contributed by atoms with Gasteiger partial charge in [0.1, 0.15) is 6.04 Å². The highest BCUT2D eigenvalue weighted by Gasteiger charge is 2.38. The normalized spacial score (nSPS) is 16.4. The maximum absolute atomic E-state index is 13.6. The first-order chi connectivity index (χ1) is 14.8. The van der Waals surface area contributed by atoms with Crippen molar-refractivity contribution < 1.29 is 19.1 Å². The minimum atomic E-state index is -0.665. The zero-order chi connectivity index (χ0) is 25.2. The van der Waals surface area contributed by atoms with Gasteiger partial charge in [-0.2, -0.15) is 0 Å². The van der Waals surface area contributed by atoms with Gasteiger partial charge in [-0.05, 0) is 38.8 Å². The van der Waals surface area contributed by atoms with E-state index in [1.165, 1.54) is 0 Å². The van der Waals surface area contributed by atoms with Crippen LogP contribution in [-0.2, 0) is 19.1 Å². The van der Waals surface area contributed by atoms with Crippen LogP contribution in [0.15, 0.2) is 0 Å². The summed E-state index contributed by atoms with van der Waals surface area (Å²) in [6.45, 7) is 14.4. The Morgan fingerprint density at radius 1 is 0.938 bits per heavy atom. The second-order valence-corrected chi connectivity index (χ2v) is 9.64. The largest absolute Gasteiger partial charge is 0.379 e. The van der Waals surface area contributed by atoms with Crippen LogP contribution in [0, 0.1) is 17.8 Å². The number of rotatable bonds is 14. The predicted molar refractivity (Wildman–Crippen MR) is 129 cm³/mol. The van der Waals surface area contributed by atoms with Crippen molar-refractivity contribution in [1.82, 2.24) is 20.4 Å². The third-order valence-electron chi connectivity index (χ3n) is 6.15. The van der Waals surface area contributed by atoms with Crippen LogP contribution in [0.4, 0.5) is 0 Å². The zero-order valence-electron chi connectivity index (χ0n) is 22.2. The Hall–Kier alpha value is -1.67. The van der Waals surface area contributed by atoms with E-state index in [2.05, 4.69) is 24.5 Å². The van der Waals surface area contributed by atoms with Gasteiger partial charge in [0.15, 0.2) is 0 Å². The molecule has 0 unspecified atom stereocenters. The number of methoxy groups -OCH3 is 1. The molecule has 2 N–H and O–H groups in total. The minimum Gasteiger partial charge on any atom is -0.379 e. The molecule has 0 aliphatic carbocycles. The van der Waals surface area contributed by atoms with Crippen molar-refractivity contribution in [2.45, 2.75) is 85.5 Å². The molecule has 5 atom stereocenters. The van der Waals surface area contributed by atoms with Gasteiger partial charge in [0, 0.05) is 20.7 Å². The average molecular weight is 457 g/mol. The molecule has 0 aromatic rings. The second kappa shape index (κ2) is 14.5. The van der Waals surface area contributed by atoms with E-state index in [4.69, 9.17) is 4.74 Å². The molecule has 0 fully saturated rings. The molecule has 8 heteroatoms. The molecule has 8 nitrogen and oxygen atoms in total. The molecular formula is C24H48N4O4. The molecule has 0 bridgehead atoms. The van der Waals surface area contributed by atoms with E-state index in [0.717, 1.165) is 6.42 Å². The van der Waals surface area contributed by atoms with E-state index >= 15 is 0 Å². The third kappa shape index (κ3) is 8.70. The number of ether oxygens (including phenoxy) is 1. The maximum atomic E-state index is 13.6. The van der Waals surface area contributed by atoms with Gasteiger partial charge >= 0.3 is 0 Å². The molecule has 0 saturated carbocycles. The Morgan fingerprint density at radius 2 is 1.50 bits per heavy atom. The molecule has 0 heterocycles. The highest BCUT2D eigenvalue weighted by atomic mass is 16.5. The second-order valence-electron chi connectivity index (χ2n) is 9.64. The van der Waals surface area contributed by atoms with Crippen molar-refractivity contribution in [2.24, 2.45) is 17.8 Å². The number of nitrogens with one attached hydrogen (secondary N) is 2. The van der Waals surface area contributed by atoms with Crippen molar-refractivity contribution in [3.63, 3.8) is 0 Å². The highest BCUT2D eigenvalue weighted by molar-refractivity contribution is 5.90. The standard InChI is InChI=1S/C24H48N4O4/c1-12-17(7)22(18(32-11)14-19(29)25-13-2)28(10)24(31)20(15(3)4)26-23(30)21(16(5)6)27(8)9/h15-18,20-22H,12-14H2,1-11H3,(H,25,29)(H,26,30)/t17-,18+,20-,21-,22-/m0/s1. The van der Waals surface area contributed by atoms with Gasteiger partial charge in [0.2, 0.25) is 17.7 Å². The monoisotopic (exact) mass is 456 g/mol. The summed E-state index contributed by atoms with van der Waals surface area (Å²) in [5.74, 6) is -0.307. The van der Waals surface area contributed by atoms with Crippen LogP contribution in [0.2, 0.25) is 0 Å². The van der Waals surface area contributed by atoms with Crippen molar-refractivity contribution in [1.29, 1.82) is 0 Å². The Labute approximate surface area is 195 Å². The van der Waals surface area contributed by atoms with Crippen LogP contribution in [0.25, 0.3) is 0 Å². The van der Waals surface area contributed by atoms with Crippen molar-refractivity contribution in [2.75, 3.05) is 34.8 Å². The van der Waals surface area contributed by atoms with Gasteiger partial charge in [-0.25, -0.2) is 0 Å². The Kier molecular flexibility index (Phi) is 13.7. The highest BCUT2D eigenvalue weighted by Crippen LogP contribution is 2.23. The van der Waals surface area contributed by atoms with E-state index in [0.29, 0.717) is 6.54 Å². The van der Waals surface area contributed by atoms with Crippen LogP contribution in [0.3, 0.4) is 0 Å². The Balaban J connectivity index is 5.84. The number of amides is 3. The molecule has 0 aromatic heterocycles. The van der Waals surface area contributed by atoms with E-state index in [9.17, 15) is 14.4 Å². The predicted octanol–water partition coefficient (Wildman–Crippen LogP) is 2.13. The van der Waals surface area contributed by atoms with Gasteiger partial charge in [-0.15, -0.1) is 0 Å². The Morgan fingerprint density at radius 3 is 1.88 bits per heavy atom. The van der Waals surface area contributed by atoms with Crippen LogP contribution in [-0.4, -0.2) is 86.5 Å². The first kappa shape index (κ1) is 30.3. The van der Waals surface area contributed by atoms with E-state index in [-0.39, 0.29) is 54.0 Å². The number of hydrogen-bond donors (Lipinski definition) is 2. The summed E-state index contributed by atoms with van der Waals surface area (Å²) >= 11 is 0. The average Bonchev–Trinajstić information content (AvgIpc) is 2.69. The smallest absolute Gasteiger partial charge is 0.245 e. The summed E-state index contributed by atoms with van der Waals surface area (Å²) in [6, 6.07) is -1.29. The van der Waals surface area contributed by atoms with Crippen LogP contribution in [0.5, 0.6) is 0 Å². The molecule has 32 heavy (non-hydrogen) atoms. The van der Waals surface area contributed by atoms with Gasteiger partial charge in [0.25, 0.3) is 0 Å². The molecule has 0 aliphatic heterocycles. The molecule has 0 aromatic carbocycles. The first-order valence-corrected chi connectivity index (χ1v) is 11.9. The molecule has 188 valence electrons. The van der Waals surface area contributed by atoms with Crippen LogP contribution >= 0.6 is 0 Å². The lowest BCUT2D eigenvalue weighted by atomic mass is 9.89. The SMILES string of the molecule is CCNC(=O)C[C@@H](OC)[C@H]([C@@H](C)CC)N(C)C(=O)[C@@H](NC(=O)[C@H](C(C)C)N(C)C)C(C)C. The molecular weight excluding hydrogens is 408 g/mol. The number of carbonyl (C=O) groups is 3. The lowest BCUT2D eigenvalue weighted by Crippen LogP contribution is -2.59. The van der Waals surface area contributed by atoms with Crippen molar-refractivity contribution >= 4 is 17.7 Å². The summed E-state index contributed by atoms with van der Waals surface area (Å²) in [6.07, 6.45) is 0.553. The molecule has 0 rings (SSSR count). The fourth-order valence-electron chi connectivity index (χ4n) is 4.29. The van der Waals surface area contributed by atoms with E-state index in [1.54, 1.807) is 19.1 Å². The minimum absolute atomic E-state index is 0.0918. The fraction of sp³-hybridized carbons (Fsp3) is 0.875. The Bertz CT molecular complexity index is 587. The first-order valence-electron chi connectivity index (χ1n) is 11.9. The van der Waals surface area contributed by atoms with Gasteiger partial charge in [-0.1, -0.05) is 48.0 Å². The number of nitrogens with zero attached hydrogens (tertiary/aromatic N) is 2. The van der Waals surface area contributed by atoms with E-state index < -0.39 is 12.1 Å². The molecule has 0 spiro atoms. The number of hydrogen-bond acceptors (Lipinski definition) is 5. The summed E-state index contributed by atoms with van der Waals surface area (Å²) in [5, 5.41) is 5.80. The molecule has 3 amide bonds. The lowest BCUT2D eigenvalue weighted by Gasteiger charge is -2.40. The maximum Gasteiger partial charge on any atom is 0.245 e. The summed E-state index contributed by atoms with van der Waals surface area (Å²) in [4.78, 5) is 42.5. The summed E-state index contributed by atoms with van der Waals surface area (Å²) < 4.78 is 5.70. The third-order valence-corrected chi connectivity index (χ3v) is 6.15. The molecule has 0 aliphatic rings. The number of likely N-dealkylation sites (N-methyl/N-ethyl adjacent to an activating group) is 2. The van der Waals surface area contributed by atoms with Crippen molar-refractivity contribution in [3.8, 4) is 0 Å². The quantitative estimate of drug-likeness (QED) is 0.418. The van der Waals surface area contributed by atoms with Gasteiger partial charge in [0.05, 0.1) is 24.6 Å². The van der Waals surface area contributed by atoms with Gasteiger partial charge in [-0.3, -0.25) is 19.3 Å². The van der Waals surface area contributed by atoms with Crippen LogP contribution < -0.4 is 10.6 Å². The van der Waals surface area contributed by atoms with Crippen LogP contribution in [0.1, 0.15) is 61.3 Å². The fourth-order valence-corrected chi connectivity index (χ4v) is 4.29. The zero-order valence-corrected chi connectivity index (χ0v) is 22.2. The van der Waals surface area contributed by atoms with Crippen molar-refractivity contribution in [3.05, 3.63) is 0 Å². The molecule has 0 saturated heterocycles. The lowest BCUT2D eigenvalue weighted by molar-refractivity contribution is -0.144. The topological polar surface area (TPSA) is 91.0 Å². The summed E-state index contributed by atoms with van der Waals surface area (Å²) in [5.41, 5.74) is 0. The summed E-state index contributed by atoms with van der Waals surface area (Å²) in [7, 11) is 7.05. The molecule has 0 radical (unpaired) electrons. The number of carbonyl (C=O) groups excluding carboxylic acids is 3.